The van der Waals surface area contributed by atoms with Gasteiger partial charge in [-0.05, 0) is 54.8 Å². The third-order valence-corrected chi connectivity index (χ3v) is 12.7. The molecule has 254 valence electrons. The van der Waals surface area contributed by atoms with E-state index in [1.807, 2.05) is 19.6 Å². The molecule has 0 bridgehead atoms. The third kappa shape index (κ3) is 5.93. The van der Waals surface area contributed by atoms with E-state index in [1.54, 1.807) is 0 Å². The van der Waals surface area contributed by atoms with E-state index in [9.17, 15) is 53.8 Å². The number of nitrogens with one attached hydrogen (secondary N) is 1. The molecule has 2 amide bonds. The largest absolute Gasteiger partial charge is 0.465 e. The van der Waals surface area contributed by atoms with E-state index in [2.05, 4.69) is 5.32 Å². The van der Waals surface area contributed by atoms with E-state index < -0.39 is 105 Å². The lowest BCUT2D eigenvalue weighted by atomic mass is 9.79. The highest BCUT2D eigenvalue weighted by Gasteiger charge is 2.74. The molecule has 2 aliphatic rings. The van der Waals surface area contributed by atoms with E-state index in [1.165, 1.54) is 0 Å². The summed E-state index contributed by atoms with van der Waals surface area (Å²) in [6, 6.07) is 3.62. The van der Waals surface area contributed by atoms with E-state index in [4.69, 9.17) is 4.74 Å². The summed E-state index contributed by atoms with van der Waals surface area (Å²) >= 11 is 0. The Hall–Kier alpha value is -3.41. The number of alkyl halides is 7. The first-order chi connectivity index (χ1) is 21.0. The molecule has 3 atom stereocenters. The molecular formula is C28H30F8N2O6SSi. The van der Waals surface area contributed by atoms with Gasteiger partial charge in [0.25, 0.3) is 0 Å². The monoisotopic (exact) mass is 702 g/mol. The van der Waals surface area contributed by atoms with E-state index in [0.717, 1.165) is 24.3 Å². The molecule has 8 nitrogen and oxygen atoms in total. The minimum Gasteiger partial charge on any atom is -0.465 e. The molecule has 1 fully saturated rings. The summed E-state index contributed by atoms with van der Waals surface area (Å²) in [4.78, 5) is 24.9. The molecule has 18 heteroatoms. The fourth-order valence-corrected chi connectivity index (χ4v) is 9.22. The lowest BCUT2D eigenvalue weighted by Crippen LogP contribution is -2.56. The smallest absolute Gasteiger partial charge is 0.435 e. The van der Waals surface area contributed by atoms with Crippen LogP contribution in [0.2, 0.25) is 25.7 Å². The number of carbonyl (C=O) groups is 2. The zero-order valence-corrected chi connectivity index (χ0v) is 26.4. The number of halogens is 8. The maximum absolute atomic E-state index is 15.1. The number of nitrogens with zero attached hydrogens (tertiary/aromatic N) is 1. The molecule has 2 N–H and O–H groups in total. The second-order valence-corrected chi connectivity index (χ2v) is 20.3. The Kier molecular flexibility index (Phi) is 9.00. The predicted octanol–water partition coefficient (Wildman–Crippen LogP) is 7.13. The molecule has 0 saturated heterocycles. The van der Waals surface area contributed by atoms with Crippen molar-refractivity contribution in [2.75, 3.05) is 18.1 Å². The Morgan fingerprint density at radius 2 is 1.61 bits per heavy atom. The van der Waals surface area contributed by atoms with Crippen molar-refractivity contribution < 1.29 is 63.0 Å². The first-order valence-corrected chi connectivity index (χ1v) is 19.1. The number of benzene rings is 2. The van der Waals surface area contributed by atoms with Gasteiger partial charge in [-0.15, -0.1) is 0 Å². The van der Waals surface area contributed by atoms with Crippen LogP contribution in [0.25, 0.3) is 0 Å². The van der Waals surface area contributed by atoms with Crippen molar-refractivity contribution in [3.63, 3.8) is 0 Å². The Morgan fingerprint density at radius 1 is 1.02 bits per heavy atom. The van der Waals surface area contributed by atoms with Crippen LogP contribution < -0.4 is 10.2 Å². The summed E-state index contributed by atoms with van der Waals surface area (Å²) in [5.74, 6) is -2.17. The molecule has 1 heterocycles. The molecule has 0 aromatic heterocycles. The standard InChI is InChI=1S/C28H30F8N2O6SSi/c1-46(2,3)13-12-44-23(39)37-21-10-11-25(45(42,43)18-7-5-17(29)6-8-18)19-9-4-16(26(30,27(31,32)33)28(34,35)36)14-22(19)38(24(40)41)15-20(21)25/h4-9,14,20-21H,10-13,15H2,1-3H3,(H,37,39)(H,40,41)/t20-,21+,25+/m0/s1. The summed E-state index contributed by atoms with van der Waals surface area (Å²) in [5.41, 5.74) is -9.38. The van der Waals surface area contributed by atoms with Crippen LogP contribution in [0.3, 0.4) is 0 Å². The van der Waals surface area contributed by atoms with Crippen molar-refractivity contribution in [2.45, 2.75) is 72.2 Å². The van der Waals surface area contributed by atoms with E-state index >= 15 is 4.39 Å². The average Bonchev–Trinajstić information content (AvgIpc) is 3.29. The number of hydrogen-bond acceptors (Lipinski definition) is 5. The van der Waals surface area contributed by atoms with Gasteiger partial charge in [-0.25, -0.2) is 26.8 Å². The molecule has 0 spiro atoms. The van der Waals surface area contributed by atoms with Crippen molar-refractivity contribution in [1.82, 2.24) is 5.32 Å². The summed E-state index contributed by atoms with van der Waals surface area (Å²) in [6.45, 7) is 5.29. The van der Waals surface area contributed by atoms with Crippen LogP contribution in [0, 0.1) is 11.7 Å². The third-order valence-electron chi connectivity index (χ3n) is 8.44. The molecule has 1 aliphatic carbocycles. The molecule has 2 aromatic carbocycles. The topological polar surface area (TPSA) is 113 Å². The maximum atomic E-state index is 15.1. The summed E-state index contributed by atoms with van der Waals surface area (Å²) < 4.78 is 142. The maximum Gasteiger partial charge on any atom is 0.435 e. The molecule has 1 saturated carbocycles. The summed E-state index contributed by atoms with van der Waals surface area (Å²) in [6.07, 6.45) is -16.4. The molecule has 2 aromatic rings. The number of carbonyl (C=O) groups excluding carboxylic acids is 1. The van der Waals surface area contributed by atoms with Gasteiger partial charge in [-0.3, -0.25) is 4.90 Å². The van der Waals surface area contributed by atoms with Crippen LogP contribution in [0.15, 0.2) is 47.4 Å². The highest BCUT2D eigenvalue weighted by Crippen LogP contribution is 2.59. The summed E-state index contributed by atoms with van der Waals surface area (Å²) in [5, 5.41) is 12.5. The zero-order chi connectivity index (χ0) is 34.7. The van der Waals surface area contributed by atoms with Gasteiger partial charge in [-0.2, -0.15) is 26.3 Å². The number of ether oxygens (including phenoxy) is 1. The second-order valence-electron chi connectivity index (χ2n) is 12.5. The van der Waals surface area contributed by atoms with Gasteiger partial charge in [0.15, 0.2) is 9.84 Å². The number of hydrogen-bond donors (Lipinski definition) is 2. The van der Waals surface area contributed by atoms with Crippen LogP contribution in [-0.2, 0) is 25.0 Å². The lowest BCUT2D eigenvalue weighted by molar-refractivity contribution is -0.348. The van der Waals surface area contributed by atoms with Crippen molar-refractivity contribution in [1.29, 1.82) is 0 Å². The van der Waals surface area contributed by atoms with E-state index in [0.29, 0.717) is 17.0 Å². The van der Waals surface area contributed by atoms with Crippen LogP contribution in [0.1, 0.15) is 24.0 Å². The quantitative estimate of drug-likeness (QED) is 0.181. The molecule has 4 rings (SSSR count). The normalized spacial score (nSPS) is 22.2. The Bertz CT molecular complexity index is 1600. The fourth-order valence-electron chi connectivity index (χ4n) is 6.10. The van der Waals surface area contributed by atoms with Gasteiger partial charge in [0.05, 0.1) is 17.2 Å². The lowest BCUT2D eigenvalue weighted by Gasteiger charge is -2.45. The second kappa shape index (κ2) is 11.7. The van der Waals surface area contributed by atoms with Crippen LogP contribution in [0.4, 0.5) is 50.4 Å². The molecule has 0 radical (unpaired) electrons. The van der Waals surface area contributed by atoms with Crippen LogP contribution in [0.5, 0.6) is 0 Å². The SMILES string of the molecule is C[Si](C)(C)CCOC(=O)N[C@@H]1CC[C@@]2(S(=O)(=O)c3ccc(F)cc3)c3ccc(C(F)(C(F)(F)F)C(F)(F)F)cc3N(C(=O)O)C[C@@H]12. The Balaban J connectivity index is 1.92. The van der Waals surface area contributed by atoms with Crippen molar-refractivity contribution in [3.05, 3.63) is 59.4 Å². The number of carboxylic acid groups (broad SMARTS) is 1. The van der Waals surface area contributed by atoms with Crippen LogP contribution in [-0.4, -0.2) is 65.3 Å². The average molecular weight is 703 g/mol. The van der Waals surface area contributed by atoms with Gasteiger partial charge in [-0.1, -0.05) is 31.8 Å². The van der Waals surface area contributed by atoms with Gasteiger partial charge in [0, 0.05) is 32.1 Å². The van der Waals surface area contributed by atoms with Gasteiger partial charge in [0.1, 0.15) is 10.6 Å². The number of fused-ring (bicyclic) bond motifs is 3. The van der Waals surface area contributed by atoms with Crippen molar-refractivity contribution >= 4 is 35.8 Å². The number of amides is 2. The highest BCUT2D eigenvalue weighted by atomic mass is 32.2. The number of anilines is 1. The summed E-state index contributed by atoms with van der Waals surface area (Å²) in [7, 11) is -6.39. The van der Waals surface area contributed by atoms with Crippen molar-refractivity contribution in [3.8, 4) is 0 Å². The molecule has 1 aliphatic heterocycles. The minimum atomic E-state index is -6.53. The highest BCUT2D eigenvalue weighted by molar-refractivity contribution is 7.92. The van der Waals surface area contributed by atoms with E-state index in [-0.39, 0.29) is 25.2 Å². The van der Waals surface area contributed by atoms with Crippen molar-refractivity contribution in [2.24, 2.45) is 5.92 Å². The predicted molar refractivity (Wildman–Crippen MR) is 151 cm³/mol. The minimum absolute atomic E-state index is 0.0357. The Morgan fingerprint density at radius 3 is 2.13 bits per heavy atom. The molecule has 0 unspecified atom stereocenters. The first-order valence-electron chi connectivity index (χ1n) is 13.9. The number of sulfone groups is 1. The molecule has 46 heavy (non-hydrogen) atoms. The fraction of sp³-hybridized carbons (Fsp3) is 0.500. The Labute approximate surface area is 259 Å². The molecular weight excluding hydrogens is 672 g/mol. The van der Waals surface area contributed by atoms with Gasteiger partial charge in [0.2, 0.25) is 0 Å². The zero-order valence-electron chi connectivity index (χ0n) is 24.6. The first kappa shape index (κ1) is 35.4. The van der Waals surface area contributed by atoms with Gasteiger partial charge < -0.3 is 15.2 Å². The van der Waals surface area contributed by atoms with Gasteiger partial charge >= 0.3 is 30.2 Å². The number of alkyl carbamates (subject to hydrolysis) is 1. The number of rotatable bonds is 7. The van der Waals surface area contributed by atoms with Crippen LogP contribution >= 0.6 is 0 Å².